The van der Waals surface area contributed by atoms with Crippen molar-refractivity contribution in [1.29, 1.82) is 0 Å². The average molecular weight is 567 g/mol. The van der Waals surface area contributed by atoms with Crippen LogP contribution in [0.3, 0.4) is 0 Å². The topological polar surface area (TPSA) is 219 Å². The molecule has 2 aliphatic rings. The zero-order chi connectivity index (χ0) is 29.4. The highest BCUT2D eigenvalue weighted by atomic mass is 16.8. The number of hydrogen-bond acceptors (Lipinski definition) is 13. The summed E-state index contributed by atoms with van der Waals surface area (Å²) in [4.78, 5) is 36.2. The van der Waals surface area contributed by atoms with Crippen LogP contribution in [0.15, 0.2) is 53.8 Å². The lowest BCUT2D eigenvalue weighted by Crippen LogP contribution is -2.60. The Hall–Kier alpha value is -3.79. The normalized spacial score (nSPS) is 29.5. The highest BCUT2D eigenvalue weighted by Gasteiger charge is 2.46. The van der Waals surface area contributed by atoms with E-state index in [9.17, 15) is 45.0 Å². The van der Waals surface area contributed by atoms with E-state index < -0.39 is 80.5 Å². The summed E-state index contributed by atoms with van der Waals surface area (Å²) in [5.41, 5.74) is 0.262. The number of aliphatic carboxylic acids is 1. The summed E-state index contributed by atoms with van der Waals surface area (Å²) in [5, 5.41) is 58.9. The lowest BCUT2D eigenvalue weighted by molar-refractivity contribution is -0.327. The number of benzene rings is 1. The SMILES string of the molecule is COC(=O)C[C@H]1C(C(=O)O)=CO[C@@H](O[C@H]2O[C@H](CO)[C@@H](O)[C@H](O)[C@H]2O)C1=CCOC(=O)C=Cc1ccc(O)cc1. The second kappa shape index (κ2) is 14.0. The van der Waals surface area contributed by atoms with Gasteiger partial charge in [0.2, 0.25) is 6.29 Å². The van der Waals surface area contributed by atoms with Gasteiger partial charge in [-0.1, -0.05) is 12.1 Å². The molecule has 14 nitrogen and oxygen atoms in total. The highest BCUT2D eigenvalue weighted by Crippen LogP contribution is 2.36. The number of phenolic OH excluding ortho intramolecular Hbond substituents is 1. The fourth-order valence-electron chi connectivity index (χ4n) is 3.99. The number of carboxylic acids is 1. The van der Waals surface area contributed by atoms with E-state index in [-0.39, 0.29) is 16.9 Å². The minimum absolute atomic E-state index is 0.00225. The van der Waals surface area contributed by atoms with E-state index in [0.29, 0.717) is 5.56 Å². The average Bonchev–Trinajstić information content (AvgIpc) is 2.93. The van der Waals surface area contributed by atoms with Crippen LogP contribution in [0.4, 0.5) is 0 Å². The molecule has 0 aromatic heterocycles. The summed E-state index contributed by atoms with van der Waals surface area (Å²) < 4.78 is 26.2. The lowest BCUT2D eigenvalue weighted by atomic mass is 9.86. The zero-order valence-electron chi connectivity index (χ0n) is 21.2. The highest BCUT2D eigenvalue weighted by molar-refractivity contribution is 5.89. The van der Waals surface area contributed by atoms with Crippen molar-refractivity contribution in [3.63, 3.8) is 0 Å². The molecular formula is C26H30O14. The van der Waals surface area contributed by atoms with Crippen LogP contribution in [-0.4, -0.2) is 106 Å². The number of phenols is 1. The Morgan fingerprint density at radius 3 is 2.38 bits per heavy atom. The summed E-state index contributed by atoms with van der Waals surface area (Å²) in [6.07, 6.45) is -5.47. The van der Waals surface area contributed by atoms with E-state index in [1.807, 2.05) is 0 Å². The summed E-state index contributed by atoms with van der Waals surface area (Å²) in [7, 11) is 1.11. The van der Waals surface area contributed by atoms with Crippen LogP contribution in [0.2, 0.25) is 0 Å². The lowest BCUT2D eigenvalue weighted by Gasteiger charge is -2.41. The number of carbonyl (C=O) groups is 3. The van der Waals surface area contributed by atoms with Gasteiger partial charge < -0.3 is 54.3 Å². The first kappa shape index (κ1) is 30.7. The van der Waals surface area contributed by atoms with Gasteiger partial charge in [0, 0.05) is 17.6 Å². The van der Waals surface area contributed by atoms with Crippen molar-refractivity contribution in [2.75, 3.05) is 20.3 Å². The smallest absolute Gasteiger partial charge is 0.335 e. The molecule has 0 unspecified atom stereocenters. The van der Waals surface area contributed by atoms with Crippen LogP contribution >= 0.6 is 0 Å². The number of carbonyl (C=O) groups excluding carboxylic acids is 2. The maximum absolute atomic E-state index is 12.2. The van der Waals surface area contributed by atoms with Crippen LogP contribution in [0.25, 0.3) is 6.08 Å². The van der Waals surface area contributed by atoms with Gasteiger partial charge in [-0.05, 0) is 29.8 Å². The van der Waals surface area contributed by atoms with Crippen LogP contribution in [0.1, 0.15) is 12.0 Å². The number of rotatable bonds is 10. The molecule has 1 fully saturated rings. The molecule has 1 aromatic carbocycles. The number of methoxy groups -OCH3 is 1. The first-order valence-electron chi connectivity index (χ1n) is 12.0. The standard InChI is InChI=1S/C26H30O14/c1-36-20(30)10-16-15(8-9-37-19(29)7-4-13-2-5-14(28)6-3-13)25(38-12-17(16)24(34)35)40-26-23(33)22(32)21(31)18(11-27)39-26/h2-8,12,16,18,21-23,25-28,31-33H,9-11H2,1H3,(H,34,35)/t16-,18-,21-,22+,23-,25+,26-/m1/s1. The van der Waals surface area contributed by atoms with Gasteiger partial charge in [0.25, 0.3) is 0 Å². The molecule has 6 N–H and O–H groups in total. The molecule has 0 amide bonds. The summed E-state index contributed by atoms with van der Waals surface area (Å²) in [6, 6.07) is 6.00. The first-order valence-corrected chi connectivity index (χ1v) is 12.0. The molecule has 1 saturated heterocycles. The largest absolute Gasteiger partial charge is 0.508 e. The molecule has 0 spiro atoms. The summed E-state index contributed by atoms with van der Waals surface area (Å²) in [5.74, 6) is -4.09. The molecule has 3 rings (SSSR count). The van der Waals surface area contributed by atoms with Gasteiger partial charge in [-0.25, -0.2) is 9.59 Å². The third-order valence-electron chi connectivity index (χ3n) is 6.17. The number of ether oxygens (including phenoxy) is 5. The van der Waals surface area contributed by atoms with E-state index in [4.69, 9.17) is 18.9 Å². The molecule has 0 aliphatic carbocycles. The quantitative estimate of drug-likeness (QED) is 0.116. The van der Waals surface area contributed by atoms with Crippen molar-refractivity contribution in [1.82, 2.24) is 0 Å². The fraction of sp³-hybridized carbons (Fsp3) is 0.423. The van der Waals surface area contributed by atoms with Gasteiger partial charge in [0.1, 0.15) is 36.8 Å². The van der Waals surface area contributed by atoms with Crippen molar-refractivity contribution in [3.05, 3.63) is 59.4 Å². The minimum Gasteiger partial charge on any atom is -0.508 e. The van der Waals surface area contributed by atoms with E-state index >= 15 is 0 Å². The van der Waals surface area contributed by atoms with Crippen LogP contribution < -0.4 is 0 Å². The third-order valence-corrected chi connectivity index (χ3v) is 6.17. The molecule has 2 aliphatic heterocycles. The van der Waals surface area contributed by atoms with Crippen LogP contribution in [-0.2, 0) is 38.1 Å². The maximum Gasteiger partial charge on any atom is 0.335 e. The Labute approximate surface area is 227 Å². The number of carboxylic acid groups (broad SMARTS) is 1. The molecule has 0 radical (unpaired) electrons. The maximum atomic E-state index is 12.2. The summed E-state index contributed by atoms with van der Waals surface area (Å²) >= 11 is 0. The molecule has 0 bridgehead atoms. The molecule has 7 atom stereocenters. The molecule has 1 aromatic rings. The number of aliphatic hydroxyl groups excluding tert-OH is 4. The van der Waals surface area contributed by atoms with Crippen molar-refractivity contribution in [3.8, 4) is 5.75 Å². The number of aliphatic hydroxyl groups is 4. The van der Waals surface area contributed by atoms with Gasteiger partial charge in [-0.2, -0.15) is 0 Å². The van der Waals surface area contributed by atoms with E-state index in [2.05, 4.69) is 4.74 Å². The number of esters is 2. The van der Waals surface area contributed by atoms with Gasteiger partial charge in [0.05, 0.1) is 32.0 Å². The Morgan fingerprint density at radius 2 is 1.75 bits per heavy atom. The van der Waals surface area contributed by atoms with Gasteiger partial charge in [-0.15, -0.1) is 0 Å². The van der Waals surface area contributed by atoms with E-state index in [1.54, 1.807) is 12.1 Å². The predicted octanol–water partition coefficient (Wildman–Crippen LogP) is -0.804. The van der Waals surface area contributed by atoms with Crippen molar-refractivity contribution >= 4 is 24.0 Å². The zero-order valence-corrected chi connectivity index (χ0v) is 21.2. The van der Waals surface area contributed by atoms with Crippen molar-refractivity contribution in [2.45, 2.75) is 43.4 Å². The van der Waals surface area contributed by atoms with Gasteiger partial charge in [0.15, 0.2) is 6.29 Å². The molecule has 2 heterocycles. The summed E-state index contributed by atoms with van der Waals surface area (Å²) in [6.45, 7) is -1.14. The van der Waals surface area contributed by atoms with Crippen molar-refractivity contribution < 1.29 is 68.7 Å². The molecule has 14 heteroatoms. The van der Waals surface area contributed by atoms with Crippen LogP contribution in [0, 0.1) is 5.92 Å². The van der Waals surface area contributed by atoms with Crippen molar-refractivity contribution in [2.24, 2.45) is 5.92 Å². The second-order valence-corrected chi connectivity index (χ2v) is 8.77. The Balaban J connectivity index is 1.83. The number of aromatic hydroxyl groups is 1. The van der Waals surface area contributed by atoms with E-state index in [0.717, 1.165) is 19.4 Å². The second-order valence-electron chi connectivity index (χ2n) is 8.77. The predicted molar refractivity (Wildman–Crippen MR) is 132 cm³/mol. The monoisotopic (exact) mass is 566 g/mol. The van der Waals surface area contributed by atoms with Crippen LogP contribution in [0.5, 0.6) is 5.75 Å². The van der Waals surface area contributed by atoms with Gasteiger partial charge in [-0.3, -0.25) is 4.79 Å². The first-order chi connectivity index (χ1) is 19.0. The van der Waals surface area contributed by atoms with E-state index in [1.165, 1.54) is 24.3 Å². The van der Waals surface area contributed by atoms with Gasteiger partial charge >= 0.3 is 17.9 Å². The third kappa shape index (κ3) is 7.65. The Bertz CT molecular complexity index is 1140. The molecule has 0 saturated carbocycles. The molecular weight excluding hydrogens is 536 g/mol. The number of hydrogen-bond donors (Lipinski definition) is 6. The molecule has 218 valence electrons. The minimum atomic E-state index is -1.80. The fourth-order valence-corrected chi connectivity index (χ4v) is 3.99. The Morgan fingerprint density at radius 1 is 1.05 bits per heavy atom. The Kier molecular flexibility index (Phi) is 10.8. The molecule has 40 heavy (non-hydrogen) atoms.